The van der Waals surface area contributed by atoms with Crippen molar-refractivity contribution in [2.45, 2.75) is 24.8 Å². The summed E-state index contributed by atoms with van der Waals surface area (Å²) < 4.78 is 25.9. The summed E-state index contributed by atoms with van der Waals surface area (Å²) in [7, 11) is -2.21. The number of carboxylic acid groups (broad SMARTS) is 1. The Kier molecular flexibility index (Phi) is 6.02. The van der Waals surface area contributed by atoms with E-state index in [1.54, 1.807) is 12.1 Å². The minimum Gasteiger partial charge on any atom is -0.481 e. The molecule has 138 valence electrons. The van der Waals surface area contributed by atoms with Gasteiger partial charge in [-0.05, 0) is 37.1 Å². The summed E-state index contributed by atoms with van der Waals surface area (Å²) >= 11 is 0. The van der Waals surface area contributed by atoms with Crippen LogP contribution in [0.3, 0.4) is 0 Å². The van der Waals surface area contributed by atoms with E-state index in [1.165, 1.54) is 24.1 Å². The van der Waals surface area contributed by atoms with Crippen LogP contribution in [0.2, 0.25) is 0 Å². The molecular formula is C16H23N3O5S. The molecule has 1 aliphatic rings. The normalized spacial score (nSPS) is 21.0. The molecule has 1 fully saturated rings. The van der Waals surface area contributed by atoms with Gasteiger partial charge in [0.2, 0.25) is 10.0 Å². The number of nitrogens with one attached hydrogen (secondary N) is 2. The molecule has 0 bridgehead atoms. The van der Waals surface area contributed by atoms with Crippen molar-refractivity contribution in [3.8, 4) is 0 Å². The molecule has 25 heavy (non-hydrogen) atoms. The highest BCUT2D eigenvalue weighted by Gasteiger charge is 2.31. The van der Waals surface area contributed by atoms with Gasteiger partial charge >= 0.3 is 12.0 Å². The lowest BCUT2D eigenvalue weighted by atomic mass is 9.91. The third kappa shape index (κ3) is 4.93. The predicted octanol–water partition coefficient (Wildman–Crippen LogP) is 0.847. The number of piperidine rings is 1. The lowest BCUT2D eigenvalue weighted by molar-refractivity contribution is -0.143. The minimum absolute atomic E-state index is 0.115. The maximum atomic E-state index is 12.3. The molecule has 0 saturated carbocycles. The maximum Gasteiger partial charge on any atom is 0.317 e. The predicted molar refractivity (Wildman–Crippen MR) is 91.4 cm³/mol. The van der Waals surface area contributed by atoms with Crippen molar-refractivity contribution in [2.75, 3.05) is 20.1 Å². The number of rotatable bonds is 5. The molecule has 1 heterocycles. The number of hydrogen-bond donors (Lipinski definition) is 3. The van der Waals surface area contributed by atoms with Crippen molar-refractivity contribution in [3.63, 3.8) is 0 Å². The number of carbonyl (C=O) groups excluding carboxylic acids is 1. The fourth-order valence-electron chi connectivity index (χ4n) is 2.93. The SMILES string of the molecule is CNS(=O)(=O)c1cccc(CNC(=O)N2CC(C)CC(C(=O)O)C2)c1. The second kappa shape index (κ2) is 7.83. The van der Waals surface area contributed by atoms with Gasteiger partial charge in [0.25, 0.3) is 0 Å². The van der Waals surface area contributed by atoms with E-state index in [4.69, 9.17) is 0 Å². The van der Waals surface area contributed by atoms with Crippen LogP contribution < -0.4 is 10.0 Å². The summed E-state index contributed by atoms with van der Waals surface area (Å²) in [4.78, 5) is 25.1. The first-order chi connectivity index (χ1) is 11.7. The first-order valence-corrected chi connectivity index (χ1v) is 9.49. The zero-order valence-corrected chi connectivity index (χ0v) is 15.0. The van der Waals surface area contributed by atoms with E-state index in [2.05, 4.69) is 10.0 Å². The number of hydrogen-bond acceptors (Lipinski definition) is 4. The van der Waals surface area contributed by atoms with Gasteiger partial charge in [0.1, 0.15) is 0 Å². The average Bonchev–Trinajstić information content (AvgIpc) is 2.59. The molecule has 0 aromatic heterocycles. The van der Waals surface area contributed by atoms with Crippen molar-refractivity contribution < 1.29 is 23.1 Å². The van der Waals surface area contributed by atoms with E-state index < -0.39 is 21.9 Å². The second-order valence-corrected chi connectivity index (χ2v) is 8.18. The summed E-state index contributed by atoms with van der Waals surface area (Å²) in [6.45, 7) is 2.76. The van der Waals surface area contributed by atoms with Gasteiger partial charge in [-0.3, -0.25) is 4.79 Å². The van der Waals surface area contributed by atoms with Crippen molar-refractivity contribution in [1.29, 1.82) is 0 Å². The Bertz CT molecular complexity index is 750. The number of aliphatic carboxylic acids is 1. The summed E-state index contributed by atoms with van der Waals surface area (Å²) in [5, 5.41) is 11.9. The van der Waals surface area contributed by atoms with Crippen LogP contribution in [-0.4, -0.2) is 50.6 Å². The maximum absolute atomic E-state index is 12.3. The summed E-state index contributed by atoms with van der Waals surface area (Å²) in [6.07, 6.45) is 0.559. The first-order valence-electron chi connectivity index (χ1n) is 8.01. The summed E-state index contributed by atoms with van der Waals surface area (Å²) in [5.41, 5.74) is 0.643. The Hall–Kier alpha value is -2.13. The van der Waals surface area contributed by atoms with Crippen LogP contribution in [0.15, 0.2) is 29.2 Å². The molecule has 8 nitrogen and oxygen atoms in total. The molecular weight excluding hydrogens is 346 g/mol. The molecule has 2 unspecified atom stereocenters. The number of carboxylic acids is 1. The average molecular weight is 369 g/mol. The van der Waals surface area contributed by atoms with Gasteiger partial charge < -0.3 is 15.3 Å². The Morgan fingerprint density at radius 2 is 2.04 bits per heavy atom. The van der Waals surface area contributed by atoms with Gasteiger partial charge in [-0.1, -0.05) is 19.1 Å². The van der Waals surface area contributed by atoms with E-state index in [0.717, 1.165) is 0 Å². The molecule has 1 aromatic rings. The molecule has 0 aliphatic carbocycles. The van der Waals surface area contributed by atoms with Crippen molar-refractivity contribution in [1.82, 2.24) is 14.9 Å². The number of amides is 2. The van der Waals surface area contributed by atoms with Crippen LogP contribution in [0, 0.1) is 11.8 Å². The number of carbonyl (C=O) groups is 2. The number of sulfonamides is 1. The van der Waals surface area contributed by atoms with Crippen LogP contribution >= 0.6 is 0 Å². The highest BCUT2D eigenvalue weighted by molar-refractivity contribution is 7.89. The Balaban J connectivity index is 2.00. The van der Waals surface area contributed by atoms with E-state index in [0.29, 0.717) is 18.5 Å². The van der Waals surface area contributed by atoms with Crippen LogP contribution in [0.25, 0.3) is 0 Å². The summed E-state index contributed by atoms with van der Waals surface area (Å²) in [6, 6.07) is 5.94. The minimum atomic E-state index is -3.54. The van der Waals surface area contributed by atoms with Gasteiger partial charge in [0, 0.05) is 19.6 Å². The zero-order valence-electron chi connectivity index (χ0n) is 14.2. The van der Waals surface area contributed by atoms with Crippen LogP contribution in [0.4, 0.5) is 4.79 Å². The third-order valence-electron chi connectivity index (χ3n) is 4.22. The Morgan fingerprint density at radius 1 is 1.32 bits per heavy atom. The van der Waals surface area contributed by atoms with Crippen molar-refractivity contribution in [3.05, 3.63) is 29.8 Å². The molecule has 1 aromatic carbocycles. The van der Waals surface area contributed by atoms with E-state index in [-0.39, 0.29) is 29.9 Å². The molecule has 2 amide bonds. The largest absolute Gasteiger partial charge is 0.481 e. The lowest BCUT2D eigenvalue weighted by Gasteiger charge is -2.34. The number of benzene rings is 1. The highest BCUT2D eigenvalue weighted by atomic mass is 32.2. The van der Waals surface area contributed by atoms with Crippen LogP contribution in [0.1, 0.15) is 18.9 Å². The number of likely N-dealkylation sites (tertiary alicyclic amines) is 1. The molecule has 0 radical (unpaired) electrons. The smallest absolute Gasteiger partial charge is 0.317 e. The Morgan fingerprint density at radius 3 is 2.68 bits per heavy atom. The number of urea groups is 1. The van der Waals surface area contributed by atoms with Crippen LogP contribution in [0.5, 0.6) is 0 Å². The molecule has 2 rings (SSSR count). The lowest BCUT2D eigenvalue weighted by Crippen LogP contribution is -2.49. The van der Waals surface area contributed by atoms with E-state index in [1.807, 2.05) is 6.92 Å². The Labute approximate surface area is 147 Å². The van der Waals surface area contributed by atoms with E-state index in [9.17, 15) is 23.1 Å². The fraction of sp³-hybridized carbons (Fsp3) is 0.500. The van der Waals surface area contributed by atoms with Gasteiger partial charge in [-0.15, -0.1) is 0 Å². The first kappa shape index (κ1) is 19.2. The topological polar surface area (TPSA) is 116 Å². The van der Waals surface area contributed by atoms with Gasteiger partial charge in [-0.25, -0.2) is 17.9 Å². The molecule has 1 aliphatic heterocycles. The van der Waals surface area contributed by atoms with Gasteiger partial charge in [-0.2, -0.15) is 0 Å². The molecule has 1 saturated heterocycles. The third-order valence-corrected chi connectivity index (χ3v) is 5.63. The fourth-order valence-corrected chi connectivity index (χ4v) is 3.73. The number of nitrogens with zero attached hydrogens (tertiary/aromatic N) is 1. The molecule has 0 spiro atoms. The van der Waals surface area contributed by atoms with Gasteiger partial charge in [0.15, 0.2) is 0 Å². The van der Waals surface area contributed by atoms with E-state index >= 15 is 0 Å². The quantitative estimate of drug-likeness (QED) is 0.711. The highest BCUT2D eigenvalue weighted by Crippen LogP contribution is 2.21. The van der Waals surface area contributed by atoms with Crippen LogP contribution in [-0.2, 0) is 21.4 Å². The standard InChI is InChI=1S/C16H23N3O5S/c1-11-6-13(15(20)21)10-19(9-11)16(22)18-8-12-4-3-5-14(7-12)25(23,24)17-2/h3-5,7,11,13,17H,6,8-10H2,1-2H3,(H,18,22)(H,20,21). The van der Waals surface area contributed by atoms with Crippen molar-refractivity contribution in [2.24, 2.45) is 11.8 Å². The zero-order chi connectivity index (χ0) is 18.6. The summed E-state index contributed by atoms with van der Waals surface area (Å²) in [5.74, 6) is -1.34. The second-order valence-electron chi connectivity index (χ2n) is 6.29. The monoisotopic (exact) mass is 369 g/mol. The van der Waals surface area contributed by atoms with Crippen molar-refractivity contribution >= 4 is 22.0 Å². The molecule has 9 heteroatoms. The molecule has 2 atom stereocenters. The molecule has 3 N–H and O–H groups in total. The van der Waals surface area contributed by atoms with Gasteiger partial charge in [0.05, 0.1) is 10.8 Å².